The van der Waals surface area contributed by atoms with E-state index in [1.54, 1.807) is 0 Å². The highest BCUT2D eigenvalue weighted by atomic mass is 79.9. The summed E-state index contributed by atoms with van der Waals surface area (Å²) in [6.07, 6.45) is 1.16. The quantitative estimate of drug-likeness (QED) is 0.596. The van der Waals surface area contributed by atoms with Crippen LogP contribution in [0, 0.1) is 0 Å². The van der Waals surface area contributed by atoms with Crippen molar-refractivity contribution in [2.75, 3.05) is 6.61 Å². The largest absolute Gasteiger partial charge is 0.466 e. The van der Waals surface area contributed by atoms with Crippen molar-refractivity contribution in [3.05, 3.63) is 33.8 Å². The van der Waals surface area contributed by atoms with E-state index in [1.165, 1.54) is 11.1 Å². The molecule has 0 N–H and O–H groups in total. The van der Waals surface area contributed by atoms with E-state index in [0.717, 1.165) is 16.2 Å². The lowest BCUT2D eigenvalue weighted by Gasteiger charge is -2.08. The Morgan fingerprint density at radius 1 is 1.44 bits per heavy atom. The van der Waals surface area contributed by atoms with Gasteiger partial charge in [-0.1, -0.05) is 44.0 Å². The molecule has 0 unspecified atom stereocenters. The van der Waals surface area contributed by atoms with Gasteiger partial charge in [0, 0.05) is 16.2 Å². The smallest absolute Gasteiger partial charge is 0.306 e. The molecule has 0 heterocycles. The van der Waals surface area contributed by atoms with Gasteiger partial charge >= 0.3 is 5.97 Å². The Balaban J connectivity index is 2.66. The lowest BCUT2D eigenvalue weighted by molar-refractivity contribution is -0.143. The minimum atomic E-state index is -0.136. The summed E-state index contributed by atoms with van der Waals surface area (Å²) >= 11 is 6.95. The van der Waals surface area contributed by atoms with Crippen molar-refractivity contribution in [3.63, 3.8) is 0 Å². The topological polar surface area (TPSA) is 26.3 Å². The van der Waals surface area contributed by atoms with Crippen molar-refractivity contribution in [3.8, 4) is 0 Å². The van der Waals surface area contributed by atoms with E-state index < -0.39 is 0 Å². The molecule has 1 aromatic rings. The summed E-state index contributed by atoms with van der Waals surface area (Å²) in [7, 11) is 0. The summed E-state index contributed by atoms with van der Waals surface area (Å²) in [6, 6.07) is 6.03. The summed E-state index contributed by atoms with van der Waals surface area (Å²) in [6.45, 7) is 2.27. The second-order valence-electron chi connectivity index (χ2n) is 3.32. The van der Waals surface area contributed by atoms with Crippen LogP contribution in [0.25, 0.3) is 0 Å². The zero-order valence-corrected chi connectivity index (χ0v) is 12.3. The molecule has 0 aliphatic rings. The molecule has 0 atom stereocenters. The highest BCUT2D eigenvalue weighted by Crippen LogP contribution is 2.24. The van der Waals surface area contributed by atoms with Crippen LogP contribution in [0.3, 0.4) is 0 Å². The fraction of sp³-hybridized carbons (Fsp3) is 0.417. The molecule has 4 heteroatoms. The van der Waals surface area contributed by atoms with Gasteiger partial charge < -0.3 is 4.74 Å². The number of rotatable bonds is 5. The summed E-state index contributed by atoms with van der Waals surface area (Å²) in [4.78, 5) is 11.3. The molecule has 2 nitrogen and oxygen atoms in total. The molecular weight excluding hydrogens is 336 g/mol. The minimum absolute atomic E-state index is 0.136. The van der Waals surface area contributed by atoms with Gasteiger partial charge in [0.15, 0.2) is 0 Å². The molecule has 0 saturated carbocycles. The van der Waals surface area contributed by atoms with Crippen molar-refractivity contribution in [2.45, 2.75) is 25.1 Å². The lowest BCUT2D eigenvalue weighted by Crippen LogP contribution is -2.06. The molecule has 0 fully saturated rings. The molecular formula is C12H14Br2O2. The number of carbonyl (C=O) groups is 1. The molecule has 0 bridgehead atoms. The molecule has 0 aliphatic carbocycles. The maximum absolute atomic E-state index is 11.3. The summed E-state index contributed by atoms with van der Waals surface area (Å²) < 4.78 is 5.98. The first-order valence-corrected chi connectivity index (χ1v) is 7.08. The number of esters is 1. The highest BCUT2D eigenvalue weighted by molar-refractivity contribution is 9.10. The molecule has 0 aliphatic heterocycles. The SMILES string of the molecule is CCOC(=O)CCc1cccc(Br)c1CBr. The molecule has 88 valence electrons. The van der Waals surface area contributed by atoms with Crippen LogP contribution in [0.15, 0.2) is 22.7 Å². The predicted octanol–water partition coefficient (Wildman–Crippen LogP) is 3.84. The van der Waals surface area contributed by atoms with Crippen LogP contribution >= 0.6 is 31.9 Å². The fourth-order valence-corrected chi connectivity index (χ4v) is 3.04. The van der Waals surface area contributed by atoms with Gasteiger partial charge in [-0.2, -0.15) is 0 Å². The normalized spacial score (nSPS) is 10.2. The van der Waals surface area contributed by atoms with Crippen LogP contribution in [0.4, 0.5) is 0 Å². The number of hydrogen-bond donors (Lipinski definition) is 0. The Kier molecular flexibility index (Phi) is 6.06. The number of hydrogen-bond acceptors (Lipinski definition) is 2. The van der Waals surface area contributed by atoms with Crippen LogP contribution in [0.2, 0.25) is 0 Å². The number of alkyl halides is 1. The maximum atomic E-state index is 11.3. The molecule has 16 heavy (non-hydrogen) atoms. The maximum Gasteiger partial charge on any atom is 0.306 e. The van der Waals surface area contributed by atoms with Crippen LogP contribution < -0.4 is 0 Å². The van der Waals surface area contributed by atoms with Gasteiger partial charge in [-0.05, 0) is 30.5 Å². The lowest BCUT2D eigenvalue weighted by atomic mass is 10.0. The number of benzene rings is 1. The van der Waals surface area contributed by atoms with Crippen molar-refractivity contribution in [2.24, 2.45) is 0 Å². The molecule has 1 aromatic carbocycles. The van der Waals surface area contributed by atoms with Crippen LogP contribution in [-0.4, -0.2) is 12.6 Å². The predicted molar refractivity (Wildman–Crippen MR) is 71.7 cm³/mol. The monoisotopic (exact) mass is 348 g/mol. The van der Waals surface area contributed by atoms with Crippen LogP contribution in [-0.2, 0) is 21.3 Å². The Morgan fingerprint density at radius 2 is 2.19 bits per heavy atom. The zero-order valence-electron chi connectivity index (χ0n) is 9.13. The van der Waals surface area contributed by atoms with Gasteiger partial charge in [0.25, 0.3) is 0 Å². The minimum Gasteiger partial charge on any atom is -0.466 e. The van der Waals surface area contributed by atoms with Gasteiger partial charge in [0.1, 0.15) is 0 Å². The Hall–Kier alpha value is -0.350. The second-order valence-corrected chi connectivity index (χ2v) is 4.73. The van der Waals surface area contributed by atoms with Gasteiger partial charge in [-0.15, -0.1) is 0 Å². The van der Waals surface area contributed by atoms with E-state index in [2.05, 4.69) is 31.9 Å². The Morgan fingerprint density at radius 3 is 2.81 bits per heavy atom. The summed E-state index contributed by atoms with van der Waals surface area (Å²) in [5.41, 5.74) is 2.38. The van der Waals surface area contributed by atoms with E-state index in [4.69, 9.17) is 4.74 Å². The third-order valence-corrected chi connectivity index (χ3v) is 3.56. The first kappa shape index (κ1) is 13.7. The van der Waals surface area contributed by atoms with Gasteiger partial charge in [-0.25, -0.2) is 0 Å². The van der Waals surface area contributed by atoms with E-state index in [9.17, 15) is 4.79 Å². The molecule has 0 aromatic heterocycles. The second kappa shape index (κ2) is 7.07. The number of aryl methyl sites for hydroxylation is 1. The molecule has 0 amide bonds. The van der Waals surface area contributed by atoms with Gasteiger partial charge in [0.05, 0.1) is 6.61 Å². The summed E-state index contributed by atoms with van der Waals surface area (Å²) in [5.74, 6) is -0.136. The molecule has 0 saturated heterocycles. The van der Waals surface area contributed by atoms with Crippen LogP contribution in [0.5, 0.6) is 0 Å². The van der Waals surface area contributed by atoms with Gasteiger partial charge in [-0.3, -0.25) is 4.79 Å². The van der Waals surface area contributed by atoms with Crippen molar-refractivity contribution >= 4 is 37.8 Å². The third kappa shape index (κ3) is 3.91. The Bertz CT molecular complexity index is 364. The molecule has 1 rings (SSSR count). The van der Waals surface area contributed by atoms with E-state index in [0.29, 0.717) is 13.0 Å². The number of halogens is 2. The van der Waals surface area contributed by atoms with E-state index in [-0.39, 0.29) is 5.97 Å². The molecule has 0 spiro atoms. The summed E-state index contributed by atoms with van der Waals surface area (Å²) in [5, 5.41) is 0.784. The average molecular weight is 350 g/mol. The van der Waals surface area contributed by atoms with Crippen molar-refractivity contribution in [1.29, 1.82) is 0 Å². The molecule has 0 radical (unpaired) electrons. The number of carbonyl (C=O) groups excluding carboxylic acids is 1. The van der Waals surface area contributed by atoms with Crippen molar-refractivity contribution < 1.29 is 9.53 Å². The first-order valence-electron chi connectivity index (χ1n) is 5.16. The fourth-order valence-electron chi connectivity index (χ4n) is 1.46. The Labute approximate surface area is 113 Å². The van der Waals surface area contributed by atoms with Gasteiger partial charge in [0.2, 0.25) is 0 Å². The van der Waals surface area contributed by atoms with Crippen LogP contribution in [0.1, 0.15) is 24.5 Å². The van der Waals surface area contributed by atoms with E-state index in [1.807, 2.05) is 25.1 Å². The highest BCUT2D eigenvalue weighted by Gasteiger charge is 2.08. The third-order valence-electron chi connectivity index (χ3n) is 2.25. The van der Waals surface area contributed by atoms with E-state index >= 15 is 0 Å². The number of ether oxygens (including phenoxy) is 1. The first-order chi connectivity index (χ1) is 7.69. The van der Waals surface area contributed by atoms with Crippen molar-refractivity contribution in [1.82, 2.24) is 0 Å². The average Bonchev–Trinajstić information content (AvgIpc) is 2.27. The standard InChI is InChI=1S/C12H14Br2O2/c1-2-16-12(15)7-6-9-4-3-5-11(14)10(9)8-13/h3-5H,2,6-8H2,1H3. The zero-order chi connectivity index (χ0) is 12.0.